The normalized spacial score (nSPS) is 20.5. The molecule has 4 heterocycles. The SMILES string of the molecule is Cc1cc(N2CNC(C)O2)ccc1-c1ccc(C(=O)n2ccc3cc4c(cc32)C2(CCN(C)CC2)CO4)cc1. The van der Waals surface area contributed by atoms with Crippen molar-refractivity contribution in [3.63, 3.8) is 0 Å². The molecule has 2 saturated heterocycles. The lowest BCUT2D eigenvalue weighted by molar-refractivity contribution is 0.0925. The molecule has 7 nitrogen and oxygen atoms in total. The summed E-state index contributed by atoms with van der Waals surface area (Å²) >= 11 is 0. The maximum Gasteiger partial charge on any atom is 0.262 e. The fourth-order valence-electron chi connectivity index (χ4n) is 6.31. The van der Waals surface area contributed by atoms with Gasteiger partial charge in [0.1, 0.15) is 12.0 Å². The molecule has 200 valence electrons. The van der Waals surface area contributed by atoms with Crippen molar-refractivity contribution in [2.45, 2.75) is 38.3 Å². The number of nitrogens with zero attached hydrogens (tertiary/aromatic N) is 3. The Morgan fingerprint density at radius 3 is 2.54 bits per heavy atom. The van der Waals surface area contributed by atoms with Crippen LogP contribution >= 0.6 is 0 Å². The summed E-state index contributed by atoms with van der Waals surface area (Å²) in [4.78, 5) is 21.8. The Hall–Kier alpha value is -3.65. The van der Waals surface area contributed by atoms with Gasteiger partial charge in [-0.05, 0) is 106 Å². The summed E-state index contributed by atoms with van der Waals surface area (Å²) in [6, 6.07) is 20.6. The number of anilines is 1. The number of hydrogen-bond acceptors (Lipinski definition) is 6. The molecule has 1 spiro atoms. The van der Waals surface area contributed by atoms with Crippen molar-refractivity contribution in [2.24, 2.45) is 0 Å². The molecule has 7 heteroatoms. The van der Waals surface area contributed by atoms with Gasteiger partial charge in [-0.3, -0.25) is 19.5 Å². The Kier molecular flexibility index (Phi) is 5.77. The molecular weight excluding hydrogens is 488 g/mol. The third kappa shape index (κ3) is 4.13. The van der Waals surface area contributed by atoms with Crippen LogP contribution in [0.1, 0.15) is 41.3 Å². The van der Waals surface area contributed by atoms with E-state index in [1.165, 1.54) is 5.56 Å². The fraction of sp³-hybridized carbons (Fsp3) is 0.344. The van der Waals surface area contributed by atoms with Crippen LogP contribution in [0.2, 0.25) is 0 Å². The first-order chi connectivity index (χ1) is 18.9. The summed E-state index contributed by atoms with van der Waals surface area (Å²) in [5, 5.41) is 6.17. The molecule has 7 rings (SSSR count). The monoisotopic (exact) mass is 522 g/mol. The van der Waals surface area contributed by atoms with Crippen molar-refractivity contribution in [1.29, 1.82) is 0 Å². The van der Waals surface area contributed by atoms with E-state index in [1.807, 2.05) is 48.5 Å². The summed E-state index contributed by atoms with van der Waals surface area (Å²) < 4.78 is 7.96. The number of likely N-dealkylation sites (tertiary alicyclic amines) is 1. The van der Waals surface area contributed by atoms with Gasteiger partial charge in [0.2, 0.25) is 0 Å². The minimum atomic E-state index is -0.0206. The number of aromatic nitrogens is 1. The van der Waals surface area contributed by atoms with Gasteiger partial charge in [-0.15, -0.1) is 0 Å². The van der Waals surface area contributed by atoms with Gasteiger partial charge in [-0.1, -0.05) is 18.2 Å². The lowest BCUT2D eigenvalue weighted by Gasteiger charge is -2.36. The Morgan fingerprint density at radius 1 is 1.03 bits per heavy atom. The lowest BCUT2D eigenvalue weighted by atomic mass is 9.74. The third-order valence-electron chi connectivity index (χ3n) is 8.78. The zero-order chi connectivity index (χ0) is 26.7. The molecule has 1 aromatic heterocycles. The van der Waals surface area contributed by atoms with Gasteiger partial charge >= 0.3 is 0 Å². The minimum Gasteiger partial charge on any atom is -0.492 e. The summed E-state index contributed by atoms with van der Waals surface area (Å²) in [7, 11) is 2.18. The van der Waals surface area contributed by atoms with Gasteiger partial charge in [0.05, 0.1) is 24.5 Å². The average molecular weight is 523 g/mol. The largest absolute Gasteiger partial charge is 0.492 e. The second-order valence-electron chi connectivity index (χ2n) is 11.3. The first-order valence-corrected chi connectivity index (χ1v) is 13.8. The summed E-state index contributed by atoms with van der Waals surface area (Å²) in [6.45, 7) is 7.64. The second kappa shape index (κ2) is 9.23. The van der Waals surface area contributed by atoms with E-state index in [4.69, 9.17) is 9.57 Å². The van der Waals surface area contributed by atoms with Gasteiger partial charge in [-0.25, -0.2) is 5.06 Å². The smallest absolute Gasteiger partial charge is 0.262 e. The van der Waals surface area contributed by atoms with Crippen LogP contribution in [0.25, 0.3) is 22.0 Å². The highest BCUT2D eigenvalue weighted by Crippen LogP contribution is 2.47. The van der Waals surface area contributed by atoms with Crippen LogP contribution in [0, 0.1) is 6.92 Å². The highest BCUT2D eigenvalue weighted by molar-refractivity contribution is 6.03. The molecule has 1 unspecified atom stereocenters. The van der Waals surface area contributed by atoms with Crippen LogP contribution in [0.15, 0.2) is 66.9 Å². The molecule has 0 radical (unpaired) electrons. The highest BCUT2D eigenvalue weighted by Gasteiger charge is 2.43. The standard InChI is InChI=1S/C32H34N4O3/c1-21-16-26(36-20-33-22(2)39-36)8-9-27(21)23-4-6-24(7-5-23)31(37)35-13-10-25-17-30-28(18-29(25)35)32(19-38-30)11-14-34(3)15-12-32/h4-10,13,16-18,22,33H,11-12,14-15,19-20H2,1-3H3. The van der Waals surface area contributed by atoms with E-state index in [1.54, 1.807) is 4.57 Å². The molecule has 2 fully saturated rings. The molecule has 0 amide bonds. The molecule has 3 aliphatic rings. The van der Waals surface area contributed by atoms with Crippen LogP contribution in [-0.4, -0.2) is 55.0 Å². The first kappa shape index (κ1) is 24.4. The third-order valence-corrected chi connectivity index (χ3v) is 8.78. The lowest BCUT2D eigenvalue weighted by Crippen LogP contribution is -2.41. The van der Waals surface area contributed by atoms with Crippen molar-refractivity contribution < 1.29 is 14.4 Å². The molecule has 3 aliphatic heterocycles. The predicted molar refractivity (Wildman–Crippen MR) is 153 cm³/mol. The van der Waals surface area contributed by atoms with Gasteiger partial charge in [0, 0.05) is 28.1 Å². The van der Waals surface area contributed by atoms with Crippen LogP contribution in [0.4, 0.5) is 5.69 Å². The van der Waals surface area contributed by atoms with E-state index in [2.05, 4.69) is 54.5 Å². The topological polar surface area (TPSA) is 59.0 Å². The van der Waals surface area contributed by atoms with E-state index in [0.29, 0.717) is 12.2 Å². The Labute approximate surface area is 228 Å². The Balaban J connectivity index is 1.16. The summed E-state index contributed by atoms with van der Waals surface area (Å²) in [5.41, 5.74) is 7.34. The molecule has 0 bridgehead atoms. The van der Waals surface area contributed by atoms with Crippen LogP contribution < -0.4 is 15.1 Å². The predicted octanol–water partition coefficient (Wildman–Crippen LogP) is 5.31. The van der Waals surface area contributed by atoms with Crippen LogP contribution in [-0.2, 0) is 10.3 Å². The molecule has 1 atom stereocenters. The fourth-order valence-corrected chi connectivity index (χ4v) is 6.31. The number of piperidine rings is 1. The Morgan fingerprint density at radius 2 is 1.82 bits per heavy atom. The molecule has 0 saturated carbocycles. The van der Waals surface area contributed by atoms with Crippen LogP contribution in [0.3, 0.4) is 0 Å². The number of benzene rings is 3. The van der Waals surface area contributed by atoms with E-state index in [-0.39, 0.29) is 17.6 Å². The van der Waals surface area contributed by atoms with Crippen molar-refractivity contribution in [3.05, 3.63) is 83.6 Å². The molecular formula is C32H34N4O3. The molecule has 0 aliphatic carbocycles. The first-order valence-electron chi connectivity index (χ1n) is 13.8. The molecule has 1 N–H and O–H groups in total. The van der Waals surface area contributed by atoms with E-state index in [0.717, 1.165) is 71.6 Å². The van der Waals surface area contributed by atoms with Crippen molar-refractivity contribution in [2.75, 3.05) is 38.5 Å². The number of fused-ring (bicyclic) bond motifs is 3. The maximum atomic E-state index is 13.7. The summed E-state index contributed by atoms with van der Waals surface area (Å²) in [6.07, 6.45) is 4.06. The van der Waals surface area contributed by atoms with Crippen molar-refractivity contribution in [1.82, 2.24) is 14.8 Å². The van der Waals surface area contributed by atoms with Crippen LogP contribution in [0.5, 0.6) is 5.75 Å². The van der Waals surface area contributed by atoms with E-state index < -0.39 is 0 Å². The highest BCUT2D eigenvalue weighted by atomic mass is 16.7. The van der Waals surface area contributed by atoms with Gasteiger partial charge < -0.3 is 9.64 Å². The number of carbonyl (C=O) groups is 1. The maximum absolute atomic E-state index is 13.7. The number of carbonyl (C=O) groups excluding carboxylic acids is 1. The number of aryl methyl sites for hydroxylation is 1. The quantitative estimate of drug-likeness (QED) is 0.394. The number of nitrogens with one attached hydrogen (secondary N) is 1. The van der Waals surface area contributed by atoms with Gasteiger partial charge in [0.15, 0.2) is 0 Å². The molecule has 4 aromatic rings. The van der Waals surface area contributed by atoms with E-state index in [9.17, 15) is 4.79 Å². The number of hydrogen-bond donors (Lipinski definition) is 1. The number of hydroxylamine groups is 1. The van der Waals surface area contributed by atoms with Gasteiger partial charge in [-0.2, -0.15) is 0 Å². The zero-order valence-corrected chi connectivity index (χ0v) is 22.7. The summed E-state index contributed by atoms with van der Waals surface area (Å²) in [5.74, 6) is 0.956. The van der Waals surface area contributed by atoms with Crippen molar-refractivity contribution in [3.8, 4) is 16.9 Å². The molecule has 39 heavy (non-hydrogen) atoms. The number of rotatable bonds is 3. The number of ether oxygens (including phenoxy) is 1. The average Bonchev–Trinajstić information content (AvgIpc) is 3.66. The zero-order valence-electron chi connectivity index (χ0n) is 22.7. The minimum absolute atomic E-state index is 0.0112. The van der Waals surface area contributed by atoms with Gasteiger partial charge in [0.25, 0.3) is 5.91 Å². The van der Waals surface area contributed by atoms with E-state index >= 15 is 0 Å². The molecule has 3 aromatic carbocycles. The second-order valence-corrected chi connectivity index (χ2v) is 11.3. The Bertz CT molecular complexity index is 1570. The van der Waals surface area contributed by atoms with Crippen molar-refractivity contribution >= 4 is 22.5 Å².